The molecule has 1 unspecified atom stereocenters. The molecular weight excluding hydrogens is 140 g/mol. The molecule has 0 aromatic rings. The molecule has 0 aromatic heterocycles. The van der Waals surface area contributed by atoms with Crippen LogP contribution in [0.2, 0.25) is 0 Å². The zero-order valence-electron chi connectivity index (χ0n) is 7.33. The molecule has 2 N–H and O–H groups in total. The average molecular weight is 158 g/mol. The van der Waals surface area contributed by atoms with Crippen LogP contribution in [-0.2, 0) is 0 Å². The van der Waals surface area contributed by atoms with E-state index in [4.69, 9.17) is 10.2 Å². The summed E-state index contributed by atoms with van der Waals surface area (Å²) >= 11 is 0. The zero-order chi connectivity index (χ0) is 9.11. The van der Waals surface area contributed by atoms with E-state index in [0.29, 0.717) is 6.42 Å². The minimum atomic E-state index is -0.282. The number of rotatable bonds is 3. The van der Waals surface area contributed by atoms with Crippen molar-refractivity contribution in [1.82, 2.24) is 0 Å². The molecule has 0 aliphatic carbocycles. The van der Waals surface area contributed by atoms with Gasteiger partial charge < -0.3 is 10.2 Å². The van der Waals surface area contributed by atoms with Gasteiger partial charge in [-0.05, 0) is 20.3 Å². The third-order valence-electron chi connectivity index (χ3n) is 0.804. The molecule has 0 amide bonds. The van der Waals surface area contributed by atoms with Gasteiger partial charge in [-0.1, -0.05) is 18.2 Å². The van der Waals surface area contributed by atoms with E-state index in [-0.39, 0.29) is 12.7 Å². The first-order valence-electron chi connectivity index (χ1n) is 3.71. The molecule has 2 nitrogen and oxygen atoms in total. The molecule has 0 aliphatic heterocycles. The van der Waals surface area contributed by atoms with Crippen LogP contribution in [0.4, 0.5) is 0 Å². The zero-order valence-corrected chi connectivity index (χ0v) is 7.33. The predicted molar refractivity (Wildman–Crippen MR) is 48.4 cm³/mol. The van der Waals surface area contributed by atoms with Crippen molar-refractivity contribution >= 4 is 0 Å². The first-order chi connectivity index (χ1) is 5.18. The topological polar surface area (TPSA) is 40.5 Å². The van der Waals surface area contributed by atoms with Crippen molar-refractivity contribution in [2.75, 3.05) is 6.61 Å². The molecule has 66 valence electrons. The van der Waals surface area contributed by atoms with Crippen LogP contribution in [0.15, 0.2) is 24.8 Å². The third kappa shape index (κ3) is 26.6. The number of hydrogen-bond acceptors (Lipinski definition) is 2. The summed E-state index contributed by atoms with van der Waals surface area (Å²) in [6.45, 7) is 7.22. The Hall–Kier alpha value is -0.600. The van der Waals surface area contributed by atoms with Crippen molar-refractivity contribution < 1.29 is 10.2 Å². The molecule has 0 saturated heterocycles. The second-order valence-electron chi connectivity index (χ2n) is 2.07. The summed E-state index contributed by atoms with van der Waals surface area (Å²) in [6.07, 6.45) is 5.65. The molecule has 2 heteroatoms. The Kier molecular flexibility index (Phi) is 14.3. The molecule has 11 heavy (non-hydrogen) atoms. The fraction of sp³-hybridized carbons (Fsp3) is 0.556. The highest BCUT2D eigenvalue weighted by molar-refractivity contribution is 4.81. The molecule has 0 spiro atoms. The van der Waals surface area contributed by atoms with Gasteiger partial charge >= 0.3 is 0 Å². The maximum absolute atomic E-state index is 8.47. The highest BCUT2D eigenvalue weighted by Crippen LogP contribution is 1.78. The molecule has 0 heterocycles. The van der Waals surface area contributed by atoms with Gasteiger partial charge in [0.15, 0.2) is 0 Å². The molecule has 0 rings (SSSR count). The standard InChI is InChI=1S/C5H10O.C4H8O/c1-3-4-5(2)6;1-2-3-4-5/h3-6H,1-2H3;2,5H,1,3-4H2. The maximum atomic E-state index is 8.47. The van der Waals surface area contributed by atoms with Gasteiger partial charge in [-0.25, -0.2) is 0 Å². The Bertz CT molecular complexity index is 95.7. The Balaban J connectivity index is 0. The Morgan fingerprint density at radius 3 is 2.09 bits per heavy atom. The number of aliphatic hydroxyl groups is 2. The summed E-state index contributed by atoms with van der Waals surface area (Å²) in [5.74, 6) is 0. The molecule has 1 atom stereocenters. The fourth-order valence-electron chi connectivity index (χ4n) is 0.370. The van der Waals surface area contributed by atoms with Crippen LogP contribution in [0.25, 0.3) is 0 Å². The first kappa shape index (κ1) is 13.0. The lowest BCUT2D eigenvalue weighted by atomic mass is 10.4. The van der Waals surface area contributed by atoms with Crippen LogP contribution in [0.1, 0.15) is 20.3 Å². The van der Waals surface area contributed by atoms with E-state index in [0.717, 1.165) is 0 Å². The highest BCUT2D eigenvalue weighted by Gasteiger charge is 1.78. The van der Waals surface area contributed by atoms with Crippen molar-refractivity contribution in [3.63, 3.8) is 0 Å². The Morgan fingerprint density at radius 2 is 2.09 bits per heavy atom. The number of allylic oxidation sites excluding steroid dienone is 1. The smallest absolute Gasteiger partial charge is 0.0692 e. The van der Waals surface area contributed by atoms with Crippen LogP contribution >= 0.6 is 0 Å². The van der Waals surface area contributed by atoms with Crippen LogP contribution in [0.5, 0.6) is 0 Å². The monoisotopic (exact) mass is 158 g/mol. The molecular formula is C9H18O2. The first-order valence-corrected chi connectivity index (χ1v) is 3.71. The quantitative estimate of drug-likeness (QED) is 0.611. The number of aliphatic hydroxyl groups excluding tert-OH is 2. The summed E-state index contributed by atoms with van der Waals surface area (Å²) in [5, 5.41) is 16.5. The summed E-state index contributed by atoms with van der Waals surface area (Å²) in [4.78, 5) is 0. The van der Waals surface area contributed by atoms with Crippen molar-refractivity contribution in [3.05, 3.63) is 24.8 Å². The van der Waals surface area contributed by atoms with Gasteiger partial charge in [0.2, 0.25) is 0 Å². The van der Waals surface area contributed by atoms with E-state index in [2.05, 4.69) is 6.58 Å². The summed E-state index contributed by atoms with van der Waals surface area (Å²) in [5.41, 5.74) is 0. The van der Waals surface area contributed by atoms with Crippen LogP contribution in [0.3, 0.4) is 0 Å². The van der Waals surface area contributed by atoms with Gasteiger partial charge in [0.1, 0.15) is 0 Å². The second kappa shape index (κ2) is 12.1. The van der Waals surface area contributed by atoms with Gasteiger partial charge in [-0.15, -0.1) is 6.58 Å². The van der Waals surface area contributed by atoms with Crippen molar-refractivity contribution in [2.45, 2.75) is 26.4 Å². The molecule has 0 bridgehead atoms. The third-order valence-corrected chi connectivity index (χ3v) is 0.804. The predicted octanol–water partition coefficient (Wildman–Crippen LogP) is 1.50. The van der Waals surface area contributed by atoms with E-state index in [1.165, 1.54) is 0 Å². The fourth-order valence-corrected chi connectivity index (χ4v) is 0.370. The highest BCUT2D eigenvalue weighted by atomic mass is 16.3. The van der Waals surface area contributed by atoms with Gasteiger partial charge in [0.05, 0.1) is 6.10 Å². The lowest BCUT2D eigenvalue weighted by Crippen LogP contribution is -1.89. The molecule has 0 radical (unpaired) electrons. The Morgan fingerprint density at radius 1 is 1.55 bits per heavy atom. The van der Waals surface area contributed by atoms with Crippen LogP contribution < -0.4 is 0 Å². The van der Waals surface area contributed by atoms with Crippen molar-refractivity contribution in [1.29, 1.82) is 0 Å². The van der Waals surface area contributed by atoms with E-state index in [1.54, 1.807) is 19.1 Å². The van der Waals surface area contributed by atoms with Crippen LogP contribution in [0, 0.1) is 0 Å². The van der Waals surface area contributed by atoms with Crippen LogP contribution in [-0.4, -0.2) is 22.9 Å². The molecule has 0 fully saturated rings. The molecule has 0 aromatic carbocycles. The minimum absolute atomic E-state index is 0.226. The SMILES string of the molecule is C=CCCO.CC=CC(C)O. The summed E-state index contributed by atoms with van der Waals surface area (Å²) in [7, 11) is 0. The summed E-state index contributed by atoms with van der Waals surface area (Å²) < 4.78 is 0. The lowest BCUT2D eigenvalue weighted by molar-refractivity contribution is 0.244. The average Bonchev–Trinajstić information content (AvgIpc) is 1.90. The largest absolute Gasteiger partial charge is 0.396 e. The van der Waals surface area contributed by atoms with Crippen molar-refractivity contribution in [2.24, 2.45) is 0 Å². The normalized spacial score (nSPS) is 12.0. The van der Waals surface area contributed by atoms with Gasteiger partial charge in [-0.3, -0.25) is 0 Å². The lowest BCUT2D eigenvalue weighted by Gasteiger charge is -1.87. The van der Waals surface area contributed by atoms with Crippen molar-refractivity contribution in [3.8, 4) is 0 Å². The van der Waals surface area contributed by atoms with Gasteiger partial charge in [0, 0.05) is 6.61 Å². The maximum Gasteiger partial charge on any atom is 0.0692 e. The number of hydrogen-bond donors (Lipinski definition) is 2. The van der Waals surface area contributed by atoms with Gasteiger partial charge in [0.25, 0.3) is 0 Å². The minimum Gasteiger partial charge on any atom is -0.396 e. The molecule has 0 saturated carbocycles. The second-order valence-corrected chi connectivity index (χ2v) is 2.07. The van der Waals surface area contributed by atoms with Gasteiger partial charge in [-0.2, -0.15) is 0 Å². The van der Waals surface area contributed by atoms with E-state index < -0.39 is 0 Å². The van der Waals surface area contributed by atoms with E-state index >= 15 is 0 Å². The Labute approximate surface area is 68.9 Å². The summed E-state index contributed by atoms with van der Waals surface area (Å²) in [6, 6.07) is 0. The van der Waals surface area contributed by atoms with E-state index in [9.17, 15) is 0 Å². The van der Waals surface area contributed by atoms with E-state index in [1.807, 2.05) is 13.0 Å². The molecule has 0 aliphatic rings.